The molecule has 3 atom stereocenters. The summed E-state index contributed by atoms with van der Waals surface area (Å²) < 4.78 is 13.0. The van der Waals surface area contributed by atoms with E-state index in [2.05, 4.69) is 48.6 Å². The maximum absolute atomic E-state index is 6.61. The van der Waals surface area contributed by atoms with Crippen LogP contribution in [0.3, 0.4) is 0 Å². The van der Waals surface area contributed by atoms with Gasteiger partial charge in [-0.25, -0.2) is 0 Å². The quantitative estimate of drug-likeness (QED) is 0.520. The zero-order valence-electron chi connectivity index (χ0n) is 13.2. The Morgan fingerprint density at radius 2 is 2.00 bits per heavy atom. The maximum atomic E-state index is 6.61. The molecule has 0 aromatic heterocycles. The summed E-state index contributed by atoms with van der Waals surface area (Å²) in [4.78, 5) is 0. The molecule has 2 bridgehead atoms. The smallest absolute Gasteiger partial charge is 0.119 e. The van der Waals surface area contributed by atoms with E-state index in [-0.39, 0.29) is 11.0 Å². The molecule has 21 heavy (non-hydrogen) atoms. The van der Waals surface area contributed by atoms with Crippen LogP contribution in [0.4, 0.5) is 0 Å². The van der Waals surface area contributed by atoms with E-state index in [1.807, 2.05) is 12.1 Å². The van der Waals surface area contributed by atoms with Crippen LogP contribution in [0.25, 0.3) is 0 Å². The van der Waals surface area contributed by atoms with Crippen molar-refractivity contribution in [3.8, 4) is 5.75 Å². The van der Waals surface area contributed by atoms with E-state index in [4.69, 9.17) is 9.47 Å². The Kier molecular flexibility index (Phi) is 4.25. The number of alkyl halides is 1. The number of halogens is 1. The second-order valence-electron chi connectivity index (χ2n) is 7.09. The van der Waals surface area contributed by atoms with E-state index in [1.54, 1.807) is 7.11 Å². The second-order valence-corrected chi connectivity index (χ2v) is 7.85. The molecule has 3 heteroatoms. The predicted molar refractivity (Wildman–Crippen MR) is 94.0 cm³/mol. The number of benzene rings is 1. The SMILES string of the molecule is COc1cccc(COC2(CI)C3CCC(C3)C2(C)C)c1. The van der Waals surface area contributed by atoms with Crippen LogP contribution in [0.15, 0.2) is 24.3 Å². The molecule has 0 heterocycles. The Labute approximate surface area is 141 Å². The Morgan fingerprint density at radius 3 is 2.62 bits per heavy atom. The van der Waals surface area contributed by atoms with E-state index in [9.17, 15) is 0 Å². The second kappa shape index (κ2) is 5.73. The first-order valence-electron chi connectivity index (χ1n) is 7.86. The standard InChI is InChI=1S/C18H25IO2/c1-17(2)14-7-8-15(10-14)18(17,12-19)21-11-13-5-4-6-16(9-13)20-3/h4-6,9,14-15H,7-8,10-12H2,1-3H3. The van der Waals surface area contributed by atoms with Crippen LogP contribution in [-0.2, 0) is 11.3 Å². The largest absolute Gasteiger partial charge is 0.497 e. The van der Waals surface area contributed by atoms with Gasteiger partial charge in [0.2, 0.25) is 0 Å². The third-order valence-electron chi connectivity index (χ3n) is 6.03. The van der Waals surface area contributed by atoms with Crippen LogP contribution in [0.5, 0.6) is 5.75 Å². The number of rotatable bonds is 5. The highest BCUT2D eigenvalue weighted by Gasteiger charge is 2.63. The number of fused-ring (bicyclic) bond motifs is 2. The highest BCUT2D eigenvalue weighted by atomic mass is 127. The monoisotopic (exact) mass is 400 g/mol. The Balaban J connectivity index is 1.78. The van der Waals surface area contributed by atoms with Crippen molar-refractivity contribution in [3.05, 3.63) is 29.8 Å². The van der Waals surface area contributed by atoms with Gasteiger partial charge < -0.3 is 9.47 Å². The lowest BCUT2D eigenvalue weighted by molar-refractivity contribution is -0.144. The molecule has 2 fully saturated rings. The highest BCUT2D eigenvalue weighted by molar-refractivity contribution is 14.1. The number of ether oxygens (including phenoxy) is 2. The Hall–Kier alpha value is -0.290. The lowest BCUT2D eigenvalue weighted by Gasteiger charge is -2.48. The van der Waals surface area contributed by atoms with Gasteiger partial charge >= 0.3 is 0 Å². The van der Waals surface area contributed by atoms with Gasteiger partial charge in [0, 0.05) is 4.43 Å². The average molecular weight is 400 g/mol. The molecule has 0 amide bonds. The Morgan fingerprint density at radius 1 is 1.24 bits per heavy atom. The molecule has 0 aliphatic heterocycles. The van der Waals surface area contributed by atoms with E-state index < -0.39 is 0 Å². The van der Waals surface area contributed by atoms with Gasteiger partial charge in [-0.2, -0.15) is 0 Å². The van der Waals surface area contributed by atoms with Crippen molar-refractivity contribution < 1.29 is 9.47 Å². The number of hydrogen-bond acceptors (Lipinski definition) is 2. The molecule has 2 aliphatic rings. The fraction of sp³-hybridized carbons (Fsp3) is 0.667. The summed E-state index contributed by atoms with van der Waals surface area (Å²) in [6, 6.07) is 8.24. The van der Waals surface area contributed by atoms with Gasteiger partial charge in [0.25, 0.3) is 0 Å². The van der Waals surface area contributed by atoms with Gasteiger partial charge in [0.15, 0.2) is 0 Å². The summed E-state index contributed by atoms with van der Waals surface area (Å²) in [5.74, 6) is 2.48. The van der Waals surface area contributed by atoms with Crippen LogP contribution in [0.2, 0.25) is 0 Å². The van der Waals surface area contributed by atoms with Crippen molar-refractivity contribution in [2.45, 2.75) is 45.3 Å². The summed E-state index contributed by atoms with van der Waals surface area (Å²) in [6.07, 6.45) is 4.09. The first-order valence-corrected chi connectivity index (χ1v) is 9.39. The zero-order chi connectivity index (χ0) is 15.1. The molecule has 2 aliphatic carbocycles. The molecule has 0 N–H and O–H groups in total. The molecule has 3 rings (SSSR count). The van der Waals surface area contributed by atoms with Crippen LogP contribution in [0.1, 0.15) is 38.7 Å². The fourth-order valence-corrected chi connectivity index (χ4v) is 6.36. The van der Waals surface area contributed by atoms with Crippen LogP contribution in [0, 0.1) is 17.3 Å². The summed E-state index contributed by atoms with van der Waals surface area (Å²) in [5, 5.41) is 0. The van der Waals surface area contributed by atoms with E-state index in [0.29, 0.717) is 6.61 Å². The summed E-state index contributed by atoms with van der Waals surface area (Å²) >= 11 is 2.53. The van der Waals surface area contributed by atoms with Crippen molar-refractivity contribution >= 4 is 22.6 Å². The van der Waals surface area contributed by atoms with E-state index in [1.165, 1.54) is 24.8 Å². The lowest BCUT2D eigenvalue weighted by atomic mass is 9.66. The highest BCUT2D eigenvalue weighted by Crippen LogP contribution is 2.63. The first-order chi connectivity index (χ1) is 10.0. The van der Waals surface area contributed by atoms with Crippen molar-refractivity contribution in [2.24, 2.45) is 17.3 Å². The van der Waals surface area contributed by atoms with Crippen molar-refractivity contribution in [1.82, 2.24) is 0 Å². The number of hydrogen-bond donors (Lipinski definition) is 0. The minimum absolute atomic E-state index is 0.0412. The molecule has 2 saturated carbocycles. The summed E-state index contributed by atoms with van der Waals surface area (Å²) in [7, 11) is 1.71. The van der Waals surface area contributed by atoms with Gasteiger partial charge in [0.1, 0.15) is 5.75 Å². The molecule has 0 spiro atoms. The maximum Gasteiger partial charge on any atom is 0.119 e. The molecule has 1 aromatic rings. The third-order valence-corrected chi connectivity index (χ3v) is 7.17. The van der Waals surface area contributed by atoms with Gasteiger partial charge in [-0.05, 0) is 54.2 Å². The predicted octanol–water partition coefficient (Wildman–Crippen LogP) is 4.84. The van der Waals surface area contributed by atoms with Crippen LogP contribution < -0.4 is 4.74 Å². The van der Waals surface area contributed by atoms with E-state index >= 15 is 0 Å². The summed E-state index contributed by atoms with van der Waals surface area (Å²) in [6.45, 7) is 5.52. The normalized spacial score (nSPS) is 33.3. The molecule has 0 saturated heterocycles. The molecule has 1 aromatic carbocycles. The number of methoxy groups -OCH3 is 1. The van der Waals surface area contributed by atoms with Gasteiger partial charge in [-0.15, -0.1) is 0 Å². The summed E-state index contributed by atoms with van der Waals surface area (Å²) in [5.41, 5.74) is 1.53. The minimum Gasteiger partial charge on any atom is -0.497 e. The van der Waals surface area contributed by atoms with Crippen molar-refractivity contribution in [2.75, 3.05) is 11.5 Å². The minimum atomic E-state index is 0.0412. The Bertz CT molecular complexity index is 514. The van der Waals surface area contributed by atoms with Gasteiger partial charge in [0.05, 0.1) is 19.3 Å². The third kappa shape index (κ3) is 2.40. The topological polar surface area (TPSA) is 18.5 Å². The van der Waals surface area contributed by atoms with Crippen LogP contribution >= 0.6 is 22.6 Å². The molecule has 116 valence electrons. The molecule has 3 unspecified atom stereocenters. The fourth-order valence-electron chi connectivity index (χ4n) is 4.53. The van der Waals surface area contributed by atoms with Crippen LogP contribution in [-0.4, -0.2) is 17.1 Å². The van der Waals surface area contributed by atoms with Gasteiger partial charge in [-0.1, -0.05) is 48.6 Å². The molecular formula is C18H25IO2. The van der Waals surface area contributed by atoms with Gasteiger partial charge in [-0.3, -0.25) is 0 Å². The lowest BCUT2D eigenvalue weighted by Crippen LogP contribution is -2.52. The molecular weight excluding hydrogens is 375 g/mol. The van der Waals surface area contributed by atoms with Crippen molar-refractivity contribution in [1.29, 1.82) is 0 Å². The molecule has 0 radical (unpaired) electrons. The zero-order valence-corrected chi connectivity index (χ0v) is 15.4. The average Bonchev–Trinajstić information content (AvgIpc) is 3.05. The van der Waals surface area contributed by atoms with E-state index in [0.717, 1.165) is 22.0 Å². The first kappa shape index (κ1) is 15.6. The van der Waals surface area contributed by atoms with Crippen molar-refractivity contribution in [3.63, 3.8) is 0 Å². The molecule has 2 nitrogen and oxygen atoms in total.